The van der Waals surface area contributed by atoms with Crippen LogP contribution in [0, 0.1) is 0 Å². The van der Waals surface area contributed by atoms with Crippen LogP contribution in [-0.4, -0.2) is 38.2 Å². The van der Waals surface area contributed by atoms with Gasteiger partial charge < -0.3 is 15.0 Å². The standard InChI is InChI=1S/C15H25ClN2O/c1-4-10-18(5-2)11-9-17-12-13-14(16)7-6-8-15(13)19-3/h6-8,17H,4-5,9-12H2,1-3H3. The predicted octanol–water partition coefficient (Wildman–Crippen LogP) is 3.17. The van der Waals surface area contributed by atoms with Crippen molar-refractivity contribution in [1.82, 2.24) is 10.2 Å². The number of nitrogens with one attached hydrogen (secondary N) is 1. The number of rotatable bonds is 9. The van der Waals surface area contributed by atoms with Crippen LogP contribution in [-0.2, 0) is 6.54 Å². The summed E-state index contributed by atoms with van der Waals surface area (Å²) >= 11 is 6.20. The van der Waals surface area contributed by atoms with E-state index in [4.69, 9.17) is 16.3 Å². The van der Waals surface area contributed by atoms with Gasteiger partial charge in [0.15, 0.2) is 0 Å². The highest BCUT2D eigenvalue weighted by Crippen LogP contribution is 2.25. The van der Waals surface area contributed by atoms with Gasteiger partial charge in [-0.05, 0) is 31.6 Å². The summed E-state index contributed by atoms with van der Waals surface area (Å²) in [5, 5.41) is 4.19. The quantitative estimate of drug-likeness (QED) is 0.705. The summed E-state index contributed by atoms with van der Waals surface area (Å²) in [5.74, 6) is 0.848. The van der Waals surface area contributed by atoms with Gasteiger partial charge in [0.25, 0.3) is 0 Å². The smallest absolute Gasteiger partial charge is 0.124 e. The van der Waals surface area contributed by atoms with E-state index in [0.717, 1.165) is 49.1 Å². The summed E-state index contributed by atoms with van der Waals surface area (Å²) < 4.78 is 5.33. The molecule has 4 heteroatoms. The maximum Gasteiger partial charge on any atom is 0.124 e. The van der Waals surface area contributed by atoms with E-state index < -0.39 is 0 Å². The van der Waals surface area contributed by atoms with Gasteiger partial charge in [0, 0.05) is 30.2 Å². The van der Waals surface area contributed by atoms with Crippen molar-refractivity contribution in [2.24, 2.45) is 0 Å². The number of likely N-dealkylation sites (N-methyl/N-ethyl adjacent to an activating group) is 1. The molecule has 0 aromatic heterocycles. The highest BCUT2D eigenvalue weighted by Gasteiger charge is 2.07. The minimum absolute atomic E-state index is 0.743. The van der Waals surface area contributed by atoms with E-state index in [2.05, 4.69) is 24.1 Å². The van der Waals surface area contributed by atoms with Crippen LogP contribution in [0.4, 0.5) is 0 Å². The minimum Gasteiger partial charge on any atom is -0.496 e. The highest BCUT2D eigenvalue weighted by molar-refractivity contribution is 6.31. The zero-order valence-electron chi connectivity index (χ0n) is 12.2. The van der Waals surface area contributed by atoms with Gasteiger partial charge in [-0.15, -0.1) is 0 Å². The molecule has 1 N–H and O–H groups in total. The molecule has 0 aliphatic rings. The molecule has 0 radical (unpaired) electrons. The molecule has 0 aliphatic carbocycles. The average molecular weight is 285 g/mol. The Kier molecular flexibility index (Phi) is 7.87. The topological polar surface area (TPSA) is 24.5 Å². The fourth-order valence-corrected chi connectivity index (χ4v) is 2.33. The first-order valence-electron chi connectivity index (χ1n) is 6.97. The minimum atomic E-state index is 0.743. The van der Waals surface area contributed by atoms with Gasteiger partial charge in [0.2, 0.25) is 0 Å². The van der Waals surface area contributed by atoms with Gasteiger partial charge in [-0.25, -0.2) is 0 Å². The van der Waals surface area contributed by atoms with Crippen molar-refractivity contribution in [2.45, 2.75) is 26.8 Å². The largest absolute Gasteiger partial charge is 0.496 e. The lowest BCUT2D eigenvalue weighted by Crippen LogP contribution is -2.32. The molecule has 0 spiro atoms. The first-order chi connectivity index (χ1) is 9.22. The monoisotopic (exact) mass is 284 g/mol. The number of benzene rings is 1. The van der Waals surface area contributed by atoms with Crippen molar-refractivity contribution in [3.05, 3.63) is 28.8 Å². The summed E-state index contributed by atoms with van der Waals surface area (Å²) in [6.45, 7) is 9.45. The second-order valence-electron chi connectivity index (χ2n) is 4.53. The summed E-state index contributed by atoms with van der Waals surface area (Å²) in [7, 11) is 1.68. The molecule has 0 amide bonds. The summed E-state index contributed by atoms with van der Waals surface area (Å²) in [4.78, 5) is 2.44. The summed E-state index contributed by atoms with van der Waals surface area (Å²) in [6.07, 6.45) is 1.20. The maximum atomic E-state index is 6.20. The van der Waals surface area contributed by atoms with Gasteiger partial charge in [-0.2, -0.15) is 0 Å². The molecular weight excluding hydrogens is 260 g/mol. The highest BCUT2D eigenvalue weighted by atomic mass is 35.5. The second kappa shape index (κ2) is 9.18. The third kappa shape index (κ3) is 5.39. The fourth-order valence-electron chi connectivity index (χ4n) is 2.10. The number of hydrogen-bond acceptors (Lipinski definition) is 3. The van der Waals surface area contributed by atoms with Gasteiger partial charge in [0.1, 0.15) is 5.75 Å². The third-order valence-corrected chi connectivity index (χ3v) is 3.54. The van der Waals surface area contributed by atoms with Crippen LogP contribution in [0.2, 0.25) is 5.02 Å². The number of halogens is 1. The average Bonchev–Trinajstić information content (AvgIpc) is 2.43. The van der Waals surface area contributed by atoms with Crippen LogP contribution in [0.15, 0.2) is 18.2 Å². The predicted molar refractivity (Wildman–Crippen MR) is 82.1 cm³/mol. The Balaban J connectivity index is 2.41. The molecule has 0 atom stereocenters. The van der Waals surface area contributed by atoms with E-state index in [1.165, 1.54) is 6.42 Å². The Bertz CT molecular complexity index is 371. The van der Waals surface area contributed by atoms with Crippen LogP contribution in [0.3, 0.4) is 0 Å². The molecule has 0 unspecified atom stereocenters. The van der Waals surface area contributed by atoms with E-state index >= 15 is 0 Å². The Morgan fingerprint density at radius 3 is 2.68 bits per heavy atom. The van der Waals surface area contributed by atoms with E-state index in [9.17, 15) is 0 Å². The number of methoxy groups -OCH3 is 1. The van der Waals surface area contributed by atoms with Gasteiger partial charge in [-0.3, -0.25) is 0 Å². The molecule has 0 saturated heterocycles. The molecule has 0 bridgehead atoms. The van der Waals surface area contributed by atoms with Gasteiger partial charge in [-0.1, -0.05) is 31.5 Å². The lowest BCUT2D eigenvalue weighted by molar-refractivity contribution is 0.287. The SMILES string of the molecule is CCCN(CC)CCNCc1c(Cl)cccc1OC. The van der Waals surface area contributed by atoms with Crippen LogP contribution in [0.5, 0.6) is 5.75 Å². The van der Waals surface area contributed by atoms with Gasteiger partial charge in [0.05, 0.1) is 7.11 Å². The Morgan fingerprint density at radius 2 is 2.05 bits per heavy atom. The van der Waals surface area contributed by atoms with E-state index in [1.807, 2.05) is 18.2 Å². The Morgan fingerprint density at radius 1 is 1.26 bits per heavy atom. The third-order valence-electron chi connectivity index (χ3n) is 3.19. The molecule has 1 aromatic carbocycles. The zero-order chi connectivity index (χ0) is 14.1. The van der Waals surface area contributed by atoms with E-state index in [-0.39, 0.29) is 0 Å². The van der Waals surface area contributed by atoms with E-state index in [0.29, 0.717) is 0 Å². The van der Waals surface area contributed by atoms with Gasteiger partial charge >= 0.3 is 0 Å². The molecule has 3 nitrogen and oxygen atoms in total. The second-order valence-corrected chi connectivity index (χ2v) is 4.94. The van der Waals surface area contributed by atoms with Crippen molar-refractivity contribution in [2.75, 3.05) is 33.3 Å². The summed E-state index contributed by atoms with van der Waals surface area (Å²) in [5.41, 5.74) is 1.03. The molecule has 1 aromatic rings. The molecule has 19 heavy (non-hydrogen) atoms. The van der Waals surface area contributed by atoms with Crippen LogP contribution in [0.1, 0.15) is 25.8 Å². The van der Waals surface area contributed by atoms with Crippen molar-refractivity contribution in [1.29, 1.82) is 0 Å². The fraction of sp³-hybridized carbons (Fsp3) is 0.600. The van der Waals surface area contributed by atoms with Crippen molar-refractivity contribution in [3.8, 4) is 5.75 Å². The Labute approximate surface area is 121 Å². The molecule has 0 aliphatic heterocycles. The number of nitrogens with zero attached hydrogens (tertiary/aromatic N) is 1. The summed E-state index contributed by atoms with van der Waals surface area (Å²) in [6, 6.07) is 5.75. The van der Waals surface area contributed by atoms with Crippen molar-refractivity contribution < 1.29 is 4.74 Å². The molecule has 0 heterocycles. The molecule has 1 rings (SSSR count). The van der Waals surface area contributed by atoms with Crippen molar-refractivity contribution in [3.63, 3.8) is 0 Å². The zero-order valence-corrected chi connectivity index (χ0v) is 13.0. The first kappa shape index (κ1) is 16.3. The molecule has 0 saturated carbocycles. The maximum absolute atomic E-state index is 6.20. The van der Waals surface area contributed by atoms with Crippen LogP contribution < -0.4 is 10.1 Å². The molecular formula is C15H25ClN2O. The lowest BCUT2D eigenvalue weighted by atomic mass is 10.2. The van der Waals surface area contributed by atoms with Crippen molar-refractivity contribution >= 4 is 11.6 Å². The first-order valence-corrected chi connectivity index (χ1v) is 7.35. The molecule has 0 fully saturated rings. The Hall–Kier alpha value is -0.770. The molecule has 108 valence electrons. The normalized spacial score (nSPS) is 11.0. The van der Waals surface area contributed by atoms with Crippen LogP contribution >= 0.6 is 11.6 Å². The van der Waals surface area contributed by atoms with Crippen LogP contribution in [0.25, 0.3) is 0 Å². The van der Waals surface area contributed by atoms with E-state index in [1.54, 1.807) is 7.11 Å². The lowest BCUT2D eigenvalue weighted by Gasteiger charge is -2.20. The number of hydrogen-bond donors (Lipinski definition) is 1. The number of ether oxygens (including phenoxy) is 1.